The molecular weight excluding hydrogens is 428 g/mol. The van der Waals surface area contributed by atoms with Crippen LogP contribution in [0.1, 0.15) is 34.5 Å². The van der Waals surface area contributed by atoms with E-state index in [9.17, 15) is 4.79 Å². The molecule has 27 heavy (non-hydrogen) atoms. The molecule has 1 N–H and O–H groups in total. The minimum absolute atomic E-state index is 0.0842. The fraction of sp³-hybridized carbons (Fsp3) is 0.450. The second-order valence-electron chi connectivity index (χ2n) is 6.52. The third kappa shape index (κ3) is 5.96. The number of thiophene rings is 1. The summed E-state index contributed by atoms with van der Waals surface area (Å²) in [5.74, 6) is 1.11. The number of carbonyl (C=O) groups is 1. The van der Waals surface area contributed by atoms with Crippen LogP contribution in [-0.2, 0) is 6.61 Å². The first-order valence-electron chi connectivity index (χ1n) is 9.21. The van der Waals surface area contributed by atoms with Crippen molar-refractivity contribution in [2.75, 3.05) is 33.3 Å². The van der Waals surface area contributed by atoms with Crippen LogP contribution in [0.25, 0.3) is 0 Å². The standard InChI is InChI=1S/C20H25BrN2O3S/c1-25-18-13-15(20(24)22-9-12-23-10-3-2-4-11-23)5-7-17(18)26-14-16-6-8-19(21)27-16/h5-8,13H,2-4,9-12,14H2,1H3,(H,22,24). The number of rotatable bonds is 8. The van der Waals surface area contributed by atoms with Crippen LogP contribution in [0.5, 0.6) is 11.5 Å². The van der Waals surface area contributed by atoms with Crippen LogP contribution in [-0.4, -0.2) is 44.1 Å². The summed E-state index contributed by atoms with van der Waals surface area (Å²) in [6.07, 6.45) is 3.84. The Morgan fingerprint density at radius 1 is 1.19 bits per heavy atom. The number of carbonyl (C=O) groups excluding carboxylic acids is 1. The number of benzene rings is 1. The Morgan fingerprint density at radius 3 is 2.70 bits per heavy atom. The fourth-order valence-corrected chi connectivity index (χ4v) is 4.52. The minimum atomic E-state index is -0.0842. The number of nitrogens with zero attached hydrogens (tertiary/aromatic N) is 1. The topological polar surface area (TPSA) is 50.8 Å². The van der Waals surface area contributed by atoms with Gasteiger partial charge in [0.25, 0.3) is 5.91 Å². The molecule has 2 heterocycles. The Bertz CT molecular complexity index is 759. The summed E-state index contributed by atoms with van der Waals surface area (Å²) < 4.78 is 12.3. The van der Waals surface area contributed by atoms with E-state index in [-0.39, 0.29) is 5.91 Å². The first-order chi connectivity index (χ1) is 13.2. The van der Waals surface area contributed by atoms with Gasteiger partial charge in [-0.15, -0.1) is 11.3 Å². The molecule has 146 valence electrons. The smallest absolute Gasteiger partial charge is 0.251 e. The highest BCUT2D eigenvalue weighted by Crippen LogP contribution is 2.30. The molecule has 1 aliphatic heterocycles. The predicted octanol–water partition coefficient (Wildman–Crippen LogP) is 4.31. The van der Waals surface area contributed by atoms with E-state index >= 15 is 0 Å². The van der Waals surface area contributed by atoms with Crippen molar-refractivity contribution in [3.05, 3.63) is 44.6 Å². The lowest BCUT2D eigenvalue weighted by Gasteiger charge is -2.26. The highest BCUT2D eigenvalue weighted by molar-refractivity contribution is 9.11. The lowest BCUT2D eigenvalue weighted by molar-refractivity contribution is 0.0946. The predicted molar refractivity (Wildman–Crippen MR) is 112 cm³/mol. The molecule has 0 atom stereocenters. The van der Waals surface area contributed by atoms with Crippen LogP contribution in [0.4, 0.5) is 0 Å². The molecule has 1 aromatic heterocycles. The molecular formula is C20H25BrN2O3S. The molecule has 1 saturated heterocycles. The zero-order valence-electron chi connectivity index (χ0n) is 15.5. The van der Waals surface area contributed by atoms with Gasteiger partial charge in [-0.1, -0.05) is 6.42 Å². The van der Waals surface area contributed by atoms with E-state index < -0.39 is 0 Å². The van der Waals surface area contributed by atoms with Crippen molar-refractivity contribution < 1.29 is 14.3 Å². The molecule has 7 heteroatoms. The van der Waals surface area contributed by atoms with E-state index in [1.54, 1.807) is 36.6 Å². The Kier molecular flexibility index (Phi) is 7.55. The lowest BCUT2D eigenvalue weighted by atomic mass is 10.1. The van der Waals surface area contributed by atoms with Crippen LogP contribution < -0.4 is 14.8 Å². The van der Waals surface area contributed by atoms with E-state index in [1.165, 1.54) is 19.3 Å². The summed E-state index contributed by atoms with van der Waals surface area (Å²) in [6.45, 7) is 4.30. The summed E-state index contributed by atoms with van der Waals surface area (Å²) in [6, 6.07) is 9.32. The summed E-state index contributed by atoms with van der Waals surface area (Å²) in [7, 11) is 1.59. The highest BCUT2D eigenvalue weighted by atomic mass is 79.9. The third-order valence-electron chi connectivity index (χ3n) is 4.59. The first kappa shape index (κ1) is 20.2. The average Bonchev–Trinajstić information content (AvgIpc) is 3.12. The molecule has 1 fully saturated rings. The van der Waals surface area contributed by atoms with Gasteiger partial charge in [0.2, 0.25) is 0 Å². The van der Waals surface area contributed by atoms with Gasteiger partial charge in [0, 0.05) is 23.5 Å². The van der Waals surface area contributed by atoms with Gasteiger partial charge in [-0.2, -0.15) is 0 Å². The maximum absolute atomic E-state index is 12.4. The first-order valence-corrected chi connectivity index (χ1v) is 10.8. The normalized spacial score (nSPS) is 14.7. The van der Waals surface area contributed by atoms with Crippen LogP contribution in [0, 0.1) is 0 Å². The van der Waals surface area contributed by atoms with Crippen LogP contribution >= 0.6 is 27.3 Å². The van der Waals surface area contributed by atoms with Crippen molar-refractivity contribution in [1.29, 1.82) is 0 Å². The fourth-order valence-electron chi connectivity index (χ4n) is 3.12. The van der Waals surface area contributed by atoms with E-state index in [0.29, 0.717) is 30.2 Å². The van der Waals surface area contributed by atoms with Crippen molar-refractivity contribution in [2.45, 2.75) is 25.9 Å². The number of piperidine rings is 1. The molecule has 1 aliphatic rings. The van der Waals surface area contributed by atoms with Gasteiger partial charge in [0.15, 0.2) is 11.5 Å². The molecule has 5 nitrogen and oxygen atoms in total. The molecule has 0 bridgehead atoms. The number of ether oxygens (including phenoxy) is 2. The van der Waals surface area contributed by atoms with E-state index in [2.05, 4.69) is 26.1 Å². The zero-order valence-corrected chi connectivity index (χ0v) is 17.9. The Labute approximate surface area is 172 Å². The Balaban J connectivity index is 1.53. The second-order valence-corrected chi connectivity index (χ2v) is 9.07. The van der Waals surface area contributed by atoms with Crippen molar-refractivity contribution >= 4 is 33.2 Å². The van der Waals surface area contributed by atoms with Crippen molar-refractivity contribution in [2.24, 2.45) is 0 Å². The van der Waals surface area contributed by atoms with Crippen molar-refractivity contribution in [3.63, 3.8) is 0 Å². The number of amides is 1. The summed E-state index contributed by atoms with van der Waals surface area (Å²) >= 11 is 5.08. The largest absolute Gasteiger partial charge is 0.493 e. The van der Waals surface area contributed by atoms with Crippen molar-refractivity contribution in [1.82, 2.24) is 10.2 Å². The maximum Gasteiger partial charge on any atom is 0.251 e. The number of halogens is 1. The lowest BCUT2D eigenvalue weighted by Crippen LogP contribution is -2.37. The maximum atomic E-state index is 12.4. The number of hydrogen-bond donors (Lipinski definition) is 1. The molecule has 0 spiro atoms. The SMILES string of the molecule is COc1cc(C(=O)NCCN2CCCCC2)ccc1OCc1ccc(Br)s1. The molecule has 2 aromatic rings. The number of hydrogen-bond acceptors (Lipinski definition) is 5. The van der Waals surface area contributed by atoms with Crippen LogP contribution in [0.2, 0.25) is 0 Å². The molecule has 0 unspecified atom stereocenters. The molecule has 3 rings (SSSR count). The van der Waals surface area contributed by atoms with Gasteiger partial charge in [-0.25, -0.2) is 0 Å². The second kappa shape index (κ2) is 10.1. The Hall–Kier alpha value is -1.57. The quantitative estimate of drug-likeness (QED) is 0.647. The summed E-state index contributed by atoms with van der Waals surface area (Å²) in [4.78, 5) is 15.9. The van der Waals surface area contributed by atoms with Crippen LogP contribution in [0.3, 0.4) is 0 Å². The van der Waals surface area contributed by atoms with Crippen LogP contribution in [0.15, 0.2) is 34.1 Å². The molecule has 1 aromatic carbocycles. The number of methoxy groups -OCH3 is 1. The summed E-state index contributed by atoms with van der Waals surface area (Å²) in [5, 5.41) is 3.00. The van der Waals surface area contributed by atoms with Crippen molar-refractivity contribution in [3.8, 4) is 11.5 Å². The summed E-state index contributed by atoms with van der Waals surface area (Å²) in [5.41, 5.74) is 0.580. The van der Waals surface area contributed by atoms with E-state index in [4.69, 9.17) is 9.47 Å². The minimum Gasteiger partial charge on any atom is -0.493 e. The Morgan fingerprint density at radius 2 is 2.00 bits per heavy atom. The molecule has 0 aliphatic carbocycles. The van der Waals surface area contributed by atoms with E-state index in [0.717, 1.165) is 28.3 Å². The van der Waals surface area contributed by atoms with Gasteiger partial charge < -0.3 is 19.7 Å². The van der Waals surface area contributed by atoms with Gasteiger partial charge in [-0.3, -0.25) is 4.79 Å². The van der Waals surface area contributed by atoms with Gasteiger partial charge in [0.1, 0.15) is 6.61 Å². The van der Waals surface area contributed by atoms with Gasteiger partial charge in [-0.05, 0) is 72.2 Å². The van der Waals surface area contributed by atoms with Gasteiger partial charge in [0.05, 0.1) is 10.9 Å². The third-order valence-corrected chi connectivity index (χ3v) is 6.18. The number of nitrogens with one attached hydrogen (secondary N) is 1. The number of likely N-dealkylation sites (tertiary alicyclic amines) is 1. The highest BCUT2D eigenvalue weighted by Gasteiger charge is 2.13. The zero-order chi connectivity index (χ0) is 19.1. The molecule has 0 radical (unpaired) electrons. The average molecular weight is 453 g/mol. The molecule has 0 saturated carbocycles. The monoisotopic (exact) mass is 452 g/mol. The van der Waals surface area contributed by atoms with Gasteiger partial charge >= 0.3 is 0 Å². The van der Waals surface area contributed by atoms with E-state index in [1.807, 2.05) is 12.1 Å². The molecule has 1 amide bonds.